The van der Waals surface area contributed by atoms with Gasteiger partial charge >= 0.3 is 0 Å². The molecule has 1 atom stereocenters. The Morgan fingerprint density at radius 3 is 2.88 bits per heavy atom. The van der Waals surface area contributed by atoms with E-state index in [2.05, 4.69) is 38.3 Å². The SMILES string of the molecule is O=C(c1cc(-c2cccs2)[nH]n1)N1CCCC1c1ccc(Br)cc1. The number of rotatable bonds is 3. The van der Waals surface area contributed by atoms with Crippen LogP contribution in [0.2, 0.25) is 0 Å². The first kappa shape index (κ1) is 15.6. The van der Waals surface area contributed by atoms with Crippen LogP contribution >= 0.6 is 27.3 Å². The summed E-state index contributed by atoms with van der Waals surface area (Å²) in [5.74, 6) is -0.000486. The van der Waals surface area contributed by atoms with E-state index in [4.69, 9.17) is 0 Å². The number of nitrogens with zero attached hydrogens (tertiary/aromatic N) is 2. The Labute approximate surface area is 152 Å². The number of aromatic amines is 1. The molecule has 0 bridgehead atoms. The summed E-state index contributed by atoms with van der Waals surface area (Å²) in [5.41, 5.74) is 2.56. The Bertz CT molecular complexity index is 842. The van der Waals surface area contributed by atoms with E-state index in [-0.39, 0.29) is 11.9 Å². The van der Waals surface area contributed by atoms with Crippen LogP contribution in [0.25, 0.3) is 10.6 Å². The van der Waals surface area contributed by atoms with Gasteiger partial charge in [-0.2, -0.15) is 5.10 Å². The quantitative estimate of drug-likeness (QED) is 0.679. The Hall–Kier alpha value is -1.92. The number of amides is 1. The van der Waals surface area contributed by atoms with Crippen molar-refractivity contribution in [3.05, 3.63) is 63.6 Å². The number of hydrogen-bond donors (Lipinski definition) is 1. The monoisotopic (exact) mass is 401 g/mol. The first-order valence-corrected chi connectivity index (χ1v) is 9.55. The topological polar surface area (TPSA) is 49.0 Å². The minimum Gasteiger partial charge on any atom is -0.330 e. The Balaban J connectivity index is 1.58. The van der Waals surface area contributed by atoms with E-state index >= 15 is 0 Å². The average Bonchev–Trinajstić information content (AvgIpc) is 3.34. The van der Waals surface area contributed by atoms with Gasteiger partial charge in [0.1, 0.15) is 0 Å². The lowest BCUT2D eigenvalue weighted by atomic mass is 10.0. The Kier molecular flexibility index (Phi) is 4.24. The van der Waals surface area contributed by atoms with Gasteiger partial charge in [0.15, 0.2) is 5.69 Å². The molecule has 4 rings (SSSR count). The van der Waals surface area contributed by atoms with Gasteiger partial charge in [0.05, 0.1) is 16.6 Å². The molecule has 0 aliphatic carbocycles. The molecule has 1 aromatic carbocycles. The van der Waals surface area contributed by atoms with Crippen LogP contribution < -0.4 is 0 Å². The fourth-order valence-electron chi connectivity index (χ4n) is 3.18. The summed E-state index contributed by atoms with van der Waals surface area (Å²) in [5, 5.41) is 9.24. The van der Waals surface area contributed by atoms with E-state index in [1.165, 1.54) is 5.56 Å². The lowest BCUT2D eigenvalue weighted by molar-refractivity contribution is 0.0729. The van der Waals surface area contributed by atoms with Crippen LogP contribution in [-0.2, 0) is 0 Å². The molecule has 122 valence electrons. The van der Waals surface area contributed by atoms with E-state index in [0.29, 0.717) is 5.69 Å². The number of thiophene rings is 1. The van der Waals surface area contributed by atoms with E-state index in [1.54, 1.807) is 11.3 Å². The van der Waals surface area contributed by atoms with Crippen LogP contribution in [0.5, 0.6) is 0 Å². The van der Waals surface area contributed by atoms with E-state index in [9.17, 15) is 4.79 Å². The van der Waals surface area contributed by atoms with Crippen molar-refractivity contribution in [2.24, 2.45) is 0 Å². The normalized spacial score (nSPS) is 17.4. The predicted molar refractivity (Wildman–Crippen MR) is 99.1 cm³/mol. The lowest BCUT2D eigenvalue weighted by Gasteiger charge is -2.24. The molecule has 6 heteroatoms. The summed E-state index contributed by atoms with van der Waals surface area (Å²) in [6.07, 6.45) is 2.02. The summed E-state index contributed by atoms with van der Waals surface area (Å²) in [7, 11) is 0. The van der Waals surface area contributed by atoms with Crippen molar-refractivity contribution in [1.29, 1.82) is 0 Å². The van der Waals surface area contributed by atoms with Gasteiger partial charge in [0, 0.05) is 11.0 Å². The maximum Gasteiger partial charge on any atom is 0.274 e. The molecule has 0 saturated carbocycles. The van der Waals surface area contributed by atoms with Crippen LogP contribution in [0.1, 0.15) is 34.9 Å². The molecule has 1 aliphatic heterocycles. The van der Waals surface area contributed by atoms with Crippen molar-refractivity contribution >= 4 is 33.2 Å². The summed E-state index contributed by atoms with van der Waals surface area (Å²) < 4.78 is 1.05. The third-order valence-corrected chi connectivity index (χ3v) is 5.78. The molecule has 1 saturated heterocycles. The van der Waals surface area contributed by atoms with Crippen LogP contribution in [0.15, 0.2) is 52.3 Å². The highest BCUT2D eigenvalue weighted by atomic mass is 79.9. The molecule has 2 aromatic heterocycles. The van der Waals surface area contributed by atoms with Gasteiger partial charge in [0.25, 0.3) is 5.91 Å². The Morgan fingerprint density at radius 2 is 2.12 bits per heavy atom. The molecule has 1 aliphatic rings. The molecule has 3 aromatic rings. The number of carbonyl (C=O) groups excluding carboxylic acids is 1. The maximum atomic E-state index is 12.9. The number of hydrogen-bond acceptors (Lipinski definition) is 3. The van der Waals surface area contributed by atoms with Gasteiger partial charge in [-0.05, 0) is 48.1 Å². The number of nitrogens with one attached hydrogen (secondary N) is 1. The molecule has 1 fully saturated rings. The zero-order valence-electron chi connectivity index (χ0n) is 12.9. The fraction of sp³-hybridized carbons (Fsp3) is 0.222. The van der Waals surface area contributed by atoms with Crippen molar-refractivity contribution in [1.82, 2.24) is 15.1 Å². The lowest BCUT2D eigenvalue weighted by Crippen LogP contribution is -2.30. The average molecular weight is 402 g/mol. The minimum absolute atomic E-state index is 0.000486. The Morgan fingerprint density at radius 1 is 1.29 bits per heavy atom. The van der Waals surface area contributed by atoms with Gasteiger partial charge in [-0.1, -0.05) is 34.1 Å². The second-order valence-electron chi connectivity index (χ2n) is 5.85. The number of H-pyrrole nitrogens is 1. The van der Waals surface area contributed by atoms with Gasteiger partial charge in [-0.15, -0.1) is 11.3 Å². The highest BCUT2D eigenvalue weighted by Gasteiger charge is 2.31. The summed E-state index contributed by atoms with van der Waals surface area (Å²) in [6.45, 7) is 0.779. The number of halogens is 1. The second-order valence-corrected chi connectivity index (χ2v) is 7.72. The van der Waals surface area contributed by atoms with Crippen LogP contribution in [-0.4, -0.2) is 27.5 Å². The molecule has 1 unspecified atom stereocenters. The van der Waals surface area contributed by atoms with E-state index in [1.807, 2.05) is 40.6 Å². The number of benzene rings is 1. The molecule has 3 heterocycles. The van der Waals surface area contributed by atoms with Crippen LogP contribution in [0, 0.1) is 0 Å². The number of likely N-dealkylation sites (tertiary alicyclic amines) is 1. The third-order valence-electron chi connectivity index (χ3n) is 4.35. The first-order valence-electron chi connectivity index (χ1n) is 7.88. The van der Waals surface area contributed by atoms with E-state index in [0.717, 1.165) is 34.4 Å². The van der Waals surface area contributed by atoms with Gasteiger partial charge < -0.3 is 4.90 Å². The van der Waals surface area contributed by atoms with Gasteiger partial charge in [-0.3, -0.25) is 9.89 Å². The van der Waals surface area contributed by atoms with Crippen molar-refractivity contribution in [2.45, 2.75) is 18.9 Å². The van der Waals surface area contributed by atoms with Gasteiger partial charge in [0.2, 0.25) is 0 Å². The summed E-state index contributed by atoms with van der Waals surface area (Å²) >= 11 is 5.09. The molecular weight excluding hydrogens is 386 g/mol. The molecule has 4 nitrogen and oxygen atoms in total. The fourth-order valence-corrected chi connectivity index (χ4v) is 4.13. The molecule has 0 spiro atoms. The molecule has 1 N–H and O–H groups in total. The largest absolute Gasteiger partial charge is 0.330 e. The highest BCUT2D eigenvalue weighted by molar-refractivity contribution is 9.10. The van der Waals surface area contributed by atoms with Gasteiger partial charge in [-0.25, -0.2) is 0 Å². The first-order chi connectivity index (χ1) is 11.7. The molecular formula is C18H16BrN3OS. The van der Waals surface area contributed by atoms with Crippen molar-refractivity contribution in [3.63, 3.8) is 0 Å². The predicted octanol–water partition coefficient (Wildman–Crippen LogP) is 4.88. The summed E-state index contributed by atoms with van der Waals surface area (Å²) in [4.78, 5) is 16.0. The standard InChI is InChI=1S/C18H16BrN3OS/c19-13-7-5-12(6-8-13)16-3-1-9-22(16)18(23)15-11-14(20-21-15)17-4-2-10-24-17/h2,4-8,10-11,16H,1,3,9H2,(H,20,21). The van der Waals surface area contributed by atoms with Crippen molar-refractivity contribution in [2.75, 3.05) is 6.54 Å². The van der Waals surface area contributed by atoms with Crippen LogP contribution in [0.3, 0.4) is 0 Å². The zero-order valence-corrected chi connectivity index (χ0v) is 15.3. The third kappa shape index (κ3) is 2.91. The van der Waals surface area contributed by atoms with Crippen molar-refractivity contribution < 1.29 is 4.79 Å². The molecule has 1 amide bonds. The number of carbonyl (C=O) groups is 1. The maximum absolute atomic E-state index is 12.9. The highest BCUT2D eigenvalue weighted by Crippen LogP contribution is 2.34. The molecule has 0 radical (unpaired) electrons. The minimum atomic E-state index is -0.000486. The molecule has 24 heavy (non-hydrogen) atoms. The zero-order chi connectivity index (χ0) is 16.5. The van der Waals surface area contributed by atoms with Crippen molar-refractivity contribution in [3.8, 4) is 10.6 Å². The second kappa shape index (κ2) is 6.53. The smallest absolute Gasteiger partial charge is 0.274 e. The number of aromatic nitrogens is 2. The summed E-state index contributed by atoms with van der Waals surface area (Å²) in [6, 6.07) is 14.2. The van der Waals surface area contributed by atoms with E-state index < -0.39 is 0 Å². The van der Waals surface area contributed by atoms with Crippen LogP contribution in [0.4, 0.5) is 0 Å².